The molecule has 1 atom stereocenters. The number of piperidine rings is 1. The first-order valence-electron chi connectivity index (χ1n) is 13.4. The topological polar surface area (TPSA) is 98.2 Å². The van der Waals surface area contributed by atoms with Crippen molar-refractivity contribution in [2.75, 3.05) is 39.6 Å². The normalized spacial score (nSPS) is 19.4. The van der Waals surface area contributed by atoms with E-state index in [-0.39, 0.29) is 17.1 Å². The number of nitrogens with one attached hydrogen (secondary N) is 1. The number of quaternary nitrogens is 1. The molecule has 1 aliphatic carbocycles. The van der Waals surface area contributed by atoms with Gasteiger partial charge in [0.2, 0.25) is 11.8 Å². The molecule has 2 fully saturated rings. The van der Waals surface area contributed by atoms with Crippen LogP contribution >= 0.6 is 11.3 Å². The van der Waals surface area contributed by atoms with Crippen molar-refractivity contribution in [1.82, 2.24) is 9.97 Å². The number of nitrogens with zero attached hydrogens (tertiary/aromatic N) is 3. The van der Waals surface area contributed by atoms with Crippen molar-refractivity contribution in [3.63, 3.8) is 0 Å². The lowest BCUT2D eigenvalue weighted by molar-refractivity contribution is -0.894. The van der Waals surface area contributed by atoms with Gasteiger partial charge < -0.3 is 14.5 Å². The summed E-state index contributed by atoms with van der Waals surface area (Å²) in [5.74, 6) is 0.492. The molecule has 1 amide bonds. The van der Waals surface area contributed by atoms with E-state index >= 15 is 0 Å². The molecule has 5 rings (SSSR count). The second kappa shape index (κ2) is 10.9. The molecule has 1 saturated carbocycles. The van der Waals surface area contributed by atoms with Gasteiger partial charge in [-0.3, -0.25) is 4.79 Å². The van der Waals surface area contributed by atoms with E-state index in [1.54, 1.807) is 25.3 Å². The molecule has 1 N–H and O–H groups in total. The average Bonchev–Trinajstić information content (AvgIpc) is 3.56. The summed E-state index contributed by atoms with van der Waals surface area (Å²) in [5, 5.41) is 3.17. The number of fused-ring (bicyclic) bond motifs is 1. The molecule has 1 aliphatic heterocycles. The van der Waals surface area contributed by atoms with Crippen molar-refractivity contribution < 1.29 is 22.4 Å². The molecule has 3 aromatic rings. The van der Waals surface area contributed by atoms with Crippen LogP contribution in [0.25, 0.3) is 10.3 Å². The summed E-state index contributed by atoms with van der Waals surface area (Å²) in [4.78, 5) is 23.6. The molecule has 0 bridgehead atoms. The lowest BCUT2D eigenvalue weighted by Crippen LogP contribution is -2.49. The number of methoxy groups -OCH3 is 1. The monoisotopic (exact) mass is 557 g/mol. The van der Waals surface area contributed by atoms with Gasteiger partial charge >= 0.3 is 0 Å². The molecule has 0 radical (unpaired) electrons. The predicted molar refractivity (Wildman–Crippen MR) is 150 cm³/mol. The van der Waals surface area contributed by atoms with Crippen LogP contribution in [-0.2, 0) is 14.6 Å². The molecule has 38 heavy (non-hydrogen) atoms. The van der Waals surface area contributed by atoms with Gasteiger partial charge in [-0.05, 0) is 36.1 Å². The summed E-state index contributed by atoms with van der Waals surface area (Å²) < 4.78 is 32.8. The van der Waals surface area contributed by atoms with Gasteiger partial charge in [0, 0.05) is 18.9 Å². The molecule has 1 aromatic carbocycles. The second-order valence-electron chi connectivity index (χ2n) is 11.3. The summed E-state index contributed by atoms with van der Waals surface area (Å²) >= 11 is 1.32. The predicted octanol–water partition coefficient (Wildman–Crippen LogP) is 5.02. The molecule has 1 unspecified atom stereocenters. The number of hydrogen-bond donors (Lipinski definition) is 1. The second-order valence-corrected chi connectivity index (χ2v) is 14.5. The van der Waals surface area contributed by atoms with Crippen LogP contribution in [0.2, 0.25) is 0 Å². The fourth-order valence-electron chi connectivity index (χ4n) is 5.77. The maximum atomic E-state index is 13.6. The maximum Gasteiger partial charge on any atom is 0.233 e. The van der Waals surface area contributed by atoms with E-state index in [0.29, 0.717) is 45.0 Å². The van der Waals surface area contributed by atoms with Crippen molar-refractivity contribution in [2.45, 2.75) is 61.0 Å². The SMILES string of the molecule is COc1ccc2nc(NC(=O)C(CC3CCCC3)c3ccc(S(=O)(=O)C4CC[N+](C)(C)CC4)cc3)sc2n1. The van der Waals surface area contributed by atoms with Crippen molar-refractivity contribution in [1.29, 1.82) is 0 Å². The zero-order valence-electron chi connectivity index (χ0n) is 22.4. The molecule has 0 spiro atoms. The molecule has 1 saturated heterocycles. The Morgan fingerprint density at radius 2 is 1.74 bits per heavy atom. The number of amides is 1. The Kier molecular flexibility index (Phi) is 7.75. The first-order chi connectivity index (χ1) is 18.1. The molecule has 10 heteroatoms. The third kappa shape index (κ3) is 5.87. The number of likely N-dealkylation sites (tertiary alicyclic amines) is 1. The van der Waals surface area contributed by atoms with Gasteiger partial charge in [0.25, 0.3) is 0 Å². The highest BCUT2D eigenvalue weighted by atomic mass is 32.2. The summed E-state index contributed by atoms with van der Waals surface area (Å²) in [6.07, 6.45) is 6.72. The largest absolute Gasteiger partial charge is 0.481 e. The number of hydrogen-bond acceptors (Lipinski definition) is 7. The highest BCUT2D eigenvalue weighted by Gasteiger charge is 2.36. The minimum absolute atomic E-state index is 0.120. The van der Waals surface area contributed by atoms with Gasteiger partial charge in [-0.25, -0.2) is 18.4 Å². The minimum atomic E-state index is -3.40. The van der Waals surface area contributed by atoms with Gasteiger partial charge in [-0.2, -0.15) is 0 Å². The first-order valence-corrected chi connectivity index (χ1v) is 15.8. The van der Waals surface area contributed by atoms with E-state index in [0.717, 1.165) is 42.4 Å². The minimum Gasteiger partial charge on any atom is -0.481 e. The smallest absolute Gasteiger partial charge is 0.233 e. The Labute approximate surface area is 228 Å². The van der Waals surface area contributed by atoms with E-state index in [1.165, 1.54) is 24.2 Å². The van der Waals surface area contributed by atoms with E-state index in [4.69, 9.17) is 4.74 Å². The first kappa shape index (κ1) is 27.0. The Morgan fingerprint density at radius 3 is 2.39 bits per heavy atom. The van der Waals surface area contributed by atoms with E-state index in [9.17, 15) is 13.2 Å². The third-order valence-electron chi connectivity index (χ3n) is 8.19. The summed E-state index contributed by atoms with van der Waals surface area (Å²) in [5.41, 5.74) is 1.55. The van der Waals surface area contributed by atoms with Crippen LogP contribution < -0.4 is 10.1 Å². The Hall–Kier alpha value is -2.56. The summed E-state index contributed by atoms with van der Waals surface area (Å²) in [6.45, 7) is 1.72. The number of anilines is 1. The van der Waals surface area contributed by atoms with Crippen LogP contribution in [0, 0.1) is 5.92 Å². The molecule has 8 nitrogen and oxygen atoms in total. The van der Waals surface area contributed by atoms with Crippen LogP contribution in [0.4, 0.5) is 5.13 Å². The lowest BCUT2D eigenvalue weighted by atomic mass is 9.87. The van der Waals surface area contributed by atoms with Crippen molar-refractivity contribution in [3.8, 4) is 5.88 Å². The van der Waals surface area contributed by atoms with Crippen molar-refractivity contribution in [2.24, 2.45) is 5.92 Å². The van der Waals surface area contributed by atoms with E-state index < -0.39 is 9.84 Å². The third-order valence-corrected chi connectivity index (χ3v) is 11.4. The van der Waals surface area contributed by atoms with Crippen LogP contribution in [0.1, 0.15) is 56.4 Å². The Morgan fingerprint density at radius 1 is 1.05 bits per heavy atom. The van der Waals surface area contributed by atoms with E-state index in [1.807, 2.05) is 18.2 Å². The molecular weight excluding hydrogens is 520 g/mol. The van der Waals surface area contributed by atoms with Gasteiger partial charge in [0.05, 0.1) is 50.4 Å². The molecule has 2 aliphatic rings. The molecule has 204 valence electrons. The van der Waals surface area contributed by atoms with Gasteiger partial charge in [-0.1, -0.05) is 49.2 Å². The van der Waals surface area contributed by atoms with Gasteiger partial charge in [-0.15, -0.1) is 0 Å². The fraction of sp³-hybridized carbons (Fsp3) is 0.536. The zero-order valence-corrected chi connectivity index (χ0v) is 24.0. The van der Waals surface area contributed by atoms with Gasteiger partial charge in [0.1, 0.15) is 10.3 Å². The van der Waals surface area contributed by atoms with Crippen LogP contribution in [0.5, 0.6) is 5.88 Å². The van der Waals surface area contributed by atoms with Crippen LogP contribution in [0.3, 0.4) is 0 Å². The molecule has 3 heterocycles. The quantitative estimate of drug-likeness (QED) is 0.391. The lowest BCUT2D eigenvalue weighted by Gasteiger charge is -2.36. The molecular formula is C28H37N4O4S2+. The fourth-order valence-corrected chi connectivity index (χ4v) is 8.33. The highest BCUT2D eigenvalue weighted by Crippen LogP contribution is 2.36. The van der Waals surface area contributed by atoms with Gasteiger partial charge in [0.15, 0.2) is 15.0 Å². The molecule has 2 aromatic heterocycles. The Balaban J connectivity index is 1.36. The standard InChI is InChI=1S/C28H36N4O4S2/c1-32(2)16-14-22(15-17-32)38(34,35)21-10-8-20(9-11-21)23(18-19-6-4-5-7-19)26(33)31-28-29-24-12-13-25(36-3)30-27(24)37-28/h8-13,19,22-23H,4-7,14-18H2,1-3H3/p+1. The van der Waals surface area contributed by atoms with Crippen molar-refractivity contribution >= 4 is 42.6 Å². The van der Waals surface area contributed by atoms with Crippen LogP contribution in [-0.4, -0.2) is 68.3 Å². The number of aromatic nitrogens is 2. The van der Waals surface area contributed by atoms with E-state index in [2.05, 4.69) is 29.4 Å². The number of carbonyl (C=O) groups is 1. The maximum absolute atomic E-state index is 13.6. The highest BCUT2D eigenvalue weighted by molar-refractivity contribution is 7.92. The number of ether oxygens (including phenoxy) is 1. The number of pyridine rings is 1. The number of sulfone groups is 1. The summed E-state index contributed by atoms with van der Waals surface area (Å²) in [6, 6.07) is 10.6. The van der Waals surface area contributed by atoms with Crippen LogP contribution in [0.15, 0.2) is 41.3 Å². The number of carbonyl (C=O) groups excluding carboxylic acids is 1. The number of thiazole rings is 1. The Bertz CT molecular complexity index is 1390. The zero-order chi connectivity index (χ0) is 26.9. The summed E-state index contributed by atoms with van der Waals surface area (Å²) in [7, 11) is 2.46. The average molecular weight is 558 g/mol. The number of benzene rings is 1. The number of rotatable bonds is 8. The van der Waals surface area contributed by atoms with Crippen molar-refractivity contribution in [3.05, 3.63) is 42.0 Å².